The molecule has 0 atom stereocenters. The molecule has 0 aliphatic carbocycles. The monoisotopic (exact) mass is 345 g/mol. The Morgan fingerprint density at radius 2 is 1.96 bits per heavy atom. The molecule has 1 aliphatic rings. The first-order valence-electron chi connectivity index (χ1n) is 8.62. The highest BCUT2D eigenvalue weighted by Crippen LogP contribution is 2.27. The molecule has 3 rings (SSSR count). The Hall–Kier alpha value is -1.43. The van der Waals surface area contributed by atoms with E-state index in [9.17, 15) is 4.79 Å². The van der Waals surface area contributed by atoms with Gasteiger partial charge in [0.05, 0.1) is 5.69 Å². The number of piperidine rings is 1. The fourth-order valence-corrected chi connectivity index (χ4v) is 4.31. The number of rotatable bonds is 4. The van der Waals surface area contributed by atoms with Crippen molar-refractivity contribution in [1.29, 1.82) is 0 Å². The number of aromatic nitrogens is 1. The Morgan fingerprint density at radius 1 is 1.25 bits per heavy atom. The molecule has 24 heavy (non-hydrogen) atoms. The summed E-state index contributed by atoms with van der Waals surface area (Å²) in [6.45, 7) is 7.38. The van der Waals surface area contributed by atoms with Gasteiger partial charge in [-0.1, -0.05) is 23.5 Å². The quantitative estimate of drug-likeness (QED) is 0.925. The van der Waals surface area contributed by atoms with Gasteiger partial charge in [0, 0.05) is 17.5 Å². The maximum absolute atomic E-state index is 12.0. The number of nitrogens with one attached hydrogen (secondary N) is 1. The first-order valence-corrected chi connectivity index (χ1v) is 9.44. The predicted octanol–water partition coefficient (Wildman–Crippen LogP) is 3.25. The Morgan fingerprint density at radius 3 is 2.62 bits per heavy atom. The van der Waals surface area contributed by atoms with Gasteiger partial charge in [-0.2, -0.15) is 0 Å². The van der Waals surface area contributed by atoms with Crippen LogP contribution in [0.1, 0.15) is 28.8 Å². The summed E-state index contributed by atoms with van der Waals surface area (Å²) in [6, 6.07) is 7.02. The van der Waals surface area contributed by atoms with E-state index in [4.69, 9.17) is 0 Å². The number of benzene rings is 1. The van der Waals surface area contributed by atoms with Gasteiger partial charge < -0.3 is 9.88 Å². The maximum atomic E-state index is 12.0. The van der Waals surface area contributed by atoms with Crippen LogP contribution in [-0.2, 0) is 6.54 Å². The predicted molar refractivity (Wildman–Crippen MR) is 102 cm³/mol. The second kappa shape index (κ2) is 7.21. The van der Waals surface area contributed by atoms with Crippen molar-refractivity contribution in [2.75, 3.05) is 27.2 Å². The van der Waals surface area contributed by atoms with Gasteiger partial charge in [0.1, 0.15) is 0 Å². The zero-order chi connectivity index (χ0) is 17.3. The van der Waals surface area contributed by atoms with Crippen LogP contribution in [0.5, 0.6) is 0 Å². The average molecular weight is 346 g/mol. The van der Waals surface area contributed by atoms with Crippen LogP contribution in [0.4, 0.5) is 0 Å². The lowest BCUT2D eigenvalue weighted by Gasteiger charge is -2.35. The number of H-pyrrole nitrogens is 1. The zero-order valence-corrected chi connectivity index (χ0v) is 15.9. The molecule has 2 aromatic rings. The fraction of sp³-hybridized carbons (Fsp3) is 0.526. The van der Waals surface area contributed by atoms with Gasteiger partial charge in [-0.25, -0.2) is 0 Å². The topological polar surface area (TPSA) is 39.3 Å². The lowest BCUT2D eigenvalue weighted by molar-refractivity contribution is 0.140. The molecule has 1 aromatic heterocycles. The number of thiazole rings is 1. The highest BCUT2D eigenvalue weighted by Gasteiger charge is 2.22. The molecule has 2 heterocycles. The summed E-state index contributed by atoms with van der Waals surface area (Å²) in [4.78, 5) is 21.0. The van der Waals surface area contributed by atoms with Gasteiger partial charge in [0.15, 0.2) is 0 Å². The van der Waals surface area contributed by atoms with Crippen LogP contribution in [0, 0.1) is 13.8 Å². The van der Waals surface area contributed by atoms with E-state index in [-0.39, 0.29) is 4.87 Å². The molecule has 130 valence electrons. The summed E-state index contributed by atoms with van der Waals surface area (Å²) < 4.78 is 0. The molecule has 0 bridgehead atoms. The van der Waals surface area contributed by atoms with E-state index < -0.39 is 0 Å². The van der Waals surface area contributed by atoms with Crippen molar-refractivity contribution in [3.63, 3.8) is 0 Å². The highest BCUT2D eigenvalue weighted by atomic mass is 32.1. The van der Waals surface area contributed by atoms with E-state index in [2.05, 4.69) is 60.9 Å². The largest absolute Gasteiger partial charge is 0.312 e. The highest BCUT2D eigenvalue weighted by molar-refractivity contribution is 7.09. The Balaban J connectivity index is 1.81. The molecule has 0 unspecified atom stereocenters. The molecule has 1 N–H and O–H groups in total. The summed E-state index contributed by atoms with van der Waals surface area (Å²) in [5.74, 6) is 0. The van der Waals surface area contributed by atoms with Gasteiger partial charge in [0.2, 0.25) is 0 Å². The van der Waals surface area contributed by atoms with E-state index in [0.29, 0.717) is 6.04 Å². The van der Waals surface area contributed by atoms with Crippen LogP contribution in [0.2, 0.25) is 0 Å². The van der Waals surface area contributed by atoms with E-state index in [1.807, 2.05) is 0 Å². The smallest absolute Gasteiger partial charge is 0.305 e. The summed E-state index contributed by atoms with van der Waals surface area (Å²) in [5, 5.41) is 0. The van der Waals surface area contributed by atoms with Gasteiger partial charge in [0.25, 0.3) is 0 Å². The molecule has 0 amide bonds. The van der Waals surface area contributed by atoms with Gasteiger partial charge in [-0.3, -0.25) is 9.69 Å². The van der Waals surface area contributed by atoms with Crippen molar-refractivity contribution < 1.29 is 0 Å². The van der Waals surface area contributed by atoms with Crippen LogP contribution in [0.3, 0.4) is 0 Å². The van der Waals surface area contributed by atoms with E-state index >= 15 is 0 Å². The van der Waals surface area contributed by atoms with Crippen LogP contribution < -0.4 is 4.87 Å². The van der Waals surface area contributed by atoms with Crippen LogP contribution >= 0.6 is 11.3 Å². The van der Waals surface area contributed by atoms with Crippen molar-refractivity contribution in [2.24, 2.45) is 0 Å². The number of hydrogen-bond acceptors (Lipinski definition) is 4. The minimum atomic E-state index is 0.0370. The van der Waals surface area contributed by atoms with Crippen molar-refractivity contribution >= 4 is 11.3 Å². The summed E-state index contributed by atoms with van der Waals surface area (Å²) in [6.07, 6.45) is 2.40. The van der Waals surface area contributed by atoms with Crippen molar-refractivity contribution in [1.82, 2.24) is 14.8 Å². The number of aromatic amines is 1. The SMILES string of the molecule is Cc1ccc(-c2[nH]c(=O)sc2CN(C)C2CCN(C)CC2)cc1C. The molecule has 0 spiro atoms. The van der Waals surface area contributed by atoms with Gasteiger partial charge in [-0.15, -0.1) is 0 Å². The number of aryl methyl sites for hydroxylation is 2. The standard InChI is InChI=1S/C19H27N3OS/c1-13-5-6-15(11-14(13)2)18-17(24-19(23)20-18)12-22(4)16-7-9-21(3)10-8-16/h5-6,11,16H,7-10,12H2,1-4H3,(H,20,23). The third-order valence-electron chi connectivity index (χ3n) is 5.22. The van der Waals surface area contributed by atoms with Crippen LogP contribution in [-0.4, -0.2) is 48.0 Å². The summed E-state index contributed by atoms with van der Waals surface area (Å²) >= 11 is 1.35. The Labute approximate surface area is 148 Å². The first-order chi connectivity index (χ1) is 11.4. The molecule has 1 aromatic carbocycles. The molecule has 1 aliphatic heterocycles. The molecule has 0 radical (unpaired) electrons. The second-order valence-electron chi connectivity index (χ2n) is 7.06. The summed E-state index contributed by atoms with van der Waals surface area (Å²) in [7, 11) is 4.37. The second-order valence-corrected chi connectivity index (χ2v) is 8.13. The normalized spacial score (nSPS) is 16.9. The van der Waals surface area contributed by atoms with E-state index in [1.165, 1.54) is 35.3 Å². The number of hydrogen-bond donors (Lipinski definition) is 1. The van der Waals surface area contributed by atoms with Gasteiger partial charge in [-0.05, 0) is 76.6 Å². The fourth-order valence-electron chi connectivity index (χ4n) is 3.39. The lowest BCUT2D eigenvalue weighted by Crippen LogP contribution is -2.41. The molecule has 1 saturated heterocycles. The maximum Gasteiger partial charge on any atom is 0.305 e. The van der Waals surface area contributed by atoms with Crippen molar-refractivity contribution in [3.8, 4) is 11.3 Å². The molecule has 1 fully saturated rings. The Bertz CT molecular complexity index is 756. The van der Waals surface area contributed by atoms with Crippen LogP contribution in [0.25, 0.3) is 11.3 Å². The minimum Gasteiger partial charge on any atom is -0.312 e. The molecular weight excluding hydrogens is 318 g/mol. The summed E-state index contributed by atoms with van der Waals surface area (Å²) in [5.41, 5.74) is 4.64. The molecule has 5 heteroatoms. The third kappa shape index (κ3) is 3.79. The first kappa shape index (κ1) is 17.4. The zero-order valence-electron chi connectivity index (χ0n) is 15.1. The van der Waals surface area contributed by atoms with E-state index in [1.54, 1.807) is 0 Å². The molecular formula is C19H27N3OS. The lowest BCUT2D eigenvalue weighted by atomic mass is 10.0. The molecule has 0 saturated carbocycles. The Kier molecular flexibility index (Phi) is 5.23. The van der Waals surface area contributed by atoms with E-state index in [0.717, 1.165) is 35.8 Å². The van der Waals surface area contributed by atoms with Crippen molar-refractivity contribution in [2.45, 2.75) is 39.3 Å². The van der Waals surface area contributed by atoms with Crippen molar-refractivity contribution in [3.05, 3.63) is 43.9 Å². The van der Waals surface area contributed by atoms with Crippen LogP contribution in [0.15, 0.2) is 23.0 Å². The molecule has 4 nitrogen and oxygen atoms in total. The number of nitrogens with zero attached hydrogens (tertiary/aromatic N) is 2. The van der Waals surface area contributed by atoms with Gasteiger partial charge >= 0.3 is 4.87 Å². The average Bonchev–Trinajstić information content (AvgIpc) is 2.91. The third-order valence-corrected chi connectivity index (χ3v) is 6.09. The number of likely N-dealkylation sites (tertiary alicyclic amines) is 1. The minimum absolute atomic E-state index is 0.0370.